The molecule has 21 heavy (non-hydrogen) atoms. The fraction of sp³-hybridized carbons (Fsp3) is 0.333. The van der Waals surface area contributed by atoms with Gasteiger partial charge in [-0.15, -0.1) is 11.6 Å². The average molecular weight is 368 g/mol. The van der Waals surface area contributed by atoms with Crippen LogP contribution in [0, 0.1) is 6.92 Å². The van der Waals surface area contributed by atoms with Crippen molar-refractivity contribution in [1.82, 2.24) is 0 Å². The largest absolute Gasteiger partial charge is 0.492 e. The molecule has 2 rings (SSSR count). The number of hydrogen-bond acceptors (Lipinski definition) is 1. The van der Waals surface area contributed by atoms with Crippen LogP contribution in [0.25, 0.3) is 0 Å². The number of ether oxygens (including phenoxy) is 1. The first-order valence-electron chi connectivity index (χ1n) is 7.22. The predicted molar refractivity (Wildman–Crippen MR) is 93.4 cm³/mol. The topological polar surface area (TPSA) is 9.23 Å². The fourth-order valence-corrected chi connectivity index (χ4v) is 3.00. The second-order valence-electron chi connectivity index (χ2n) is 5.14. The van der Waals surface area contributed by atoms with E-state index in [1.807, 2.05) is 12.1 Å². The summed E-state index contributed by atoms with van der Waals surface area (Å²) in [5.41, 5.74) is 3.68. The van der Waals surface area contributed by atoms with Crippen molar-refractivity contribution in [2.45, 2.75) is 32.1 Å². The highest BCUT2D eigenvalue weighted by Gasteiger charge is 2.12. The molecule has 0 saturated carbocycles. The number of halogens is 2. The molecule has 0 aliphatic rings. The Hall–Kier alpha value is -0.990. The molecule has 0 radical (unpaired) electrons. The van der Waals surface area contributed by atoms with Gasteiger partial charge in [0.05, 0.1) is 16.5 Å². The Morgan fingerprint density at radius 2 is 1.95 bits per heavy atom. The van der Waals surface area contributed by atoms with Gasteiger partial charge in [0.1, 0.15) is 5.75 Å². The van der Waals surface area contributed by atoms with Crippen molar-refractivity contribution in [2.75, 3.05) is 6.61 Å². The highest BCUT2D eigenvalue weighted by molar-refractivity contribution is 9.10. The van der Waals surface area contributed by atoms with E-state index in [2.05, 4.69) is 60.1 Å². The summed E-state index contributed by atoms with van der Waals surface area (Å²) in [5, 5.41) is -0.0392. The van der Waals surface area contributed by atoms with E-state index in [0.29, 0.717) is 0 Å². The van der Waals surface area contributed by atoms with E-state index in [4.69, 9.17) is 16.3 Å². The second-order valence-corrected chi connectivity index (χ2v) is 6.52. The van der Waals surface area contributed by atoms with Gasteiger partial charge < -0.3 is 4.74 Å². The molecule has 1 atom stereocenters. The van der Waals surface area contributed by atoms with Crippen LogP contribution < -0.4 is 4.74 Å². The quantitative estimate of drug-likeness (QED) is 0.563. The van der Waals surface area contributed by atoms with Crippen LogP contribution in [-0.2, 0) is 6.42 Å². The Kier molecular flexibility index (Phi) is 6.13. The zero-order valence-electron chi connectivity index (χ0n) is 12.4. The maximum Gasteiger partial charge on any atom is 0.133 e. The van der Waals surface area contributed by atoms with Gasteiger partial charge in [-0.3, -0.25) is 0 Å². The molecule has 0 fully saturated rings. The molecule has 2 aromatic rings. The van der Waals surface area contributed by atoms with Gasteiger partial charge in [0.15, 0.2) is 0 Å². The van der Waals surface area contributed by atoms with Crippen molar-refractivity contribution < 1.29 is 4.74 Å². The van der Waals surface area contributed by atoms with Crippen molar-refractivity contribution in [3.63, 3.8) is 0 Å². The minimum Gasteiger partial charge on any atom is -0.492 e. The lowest BCUT2D eigenvalue weighted by molar-refractivity contribution is 0.315. The van der Waals surface area contributed by atoms with E-state index in [1.54, 1.807) is 0 Å². The molecule has 0 aliphatic carbocycles. The summed E-state index contributed by atoms with van der Waals surface area (Å²) in [6.07, 6.45) is 1.83. The van der Waals surface area contributed by atoms with Gasteiger partial charge in [-0.2, -0.15) is 0 Å². The molecule has 2 aromatic carbocycles. The first-order chi connectivity index (χ1) is 10.1. The molecule has 0 bridgehead atoms. The first kappa shape index (κ1) is 16.4. The van der Waals surface area contributed by atoms with Gasteiger partial charge >= 0.3 is 0 Å². The predicted octanol–water partition coefficient (Wildman–Crippen LogP) is 6.07. The zero-order valence-corrected chi connectivity index (χ0v) is 14.7. The summed E-state index contributed by atoms with van der Waals surface area (Å²) in [5.74, 6) is 0.875. The summed E-state index contributed by atoms with van der Waals surface area (Å²) < 4.78 is 6.63. The van der Waals surface area contributed by atoms with Gasteiger partial charge in [-0.05, 0) is 64.5 Å². The lowest BCUT2D eigenvalue weighted by Crippen LogP contribution is -2.00. The van der Waals surface area contributed by atoms with Crippen molar-refractivity contribution in [3.05, 3.63) is 63.6 Å². The molecule has 0 saturated heterocycles. The molecular weight excluding hydrogens is 348 g/mol. The Labute approximate surface area is 140 Å². The zero-order chi connectivity index (χ0) is 15.2. The molecule has 0 heterocycles. The summed E-state index contributed by atoms with van der Waals surface area (Å²) in [7, 11) is 0. The highest BCUT2D eigenvalue weighted by atomic mass is 79.9. The van der Waals surface area contributed by atoms with Crippen LogP contribution in [-0.4, -0.2) is 6.61 Å². The number of rotatable bonds is 6. The average Bonchev–Trinajstić information content (AvgIpc) is 2.48. The Balaban J connectivity index is 2.11. The van der Waals surface area contributed by atoms with E-state index in [1.165, 1.54) is 11.1 Å². The van der Waals surface area contributed by atoms with Gasteiger partial charge in [0.2, 0.25) is 0 Å². The smallest absolute Gasteiger partial charge is 0.133 e. The van der Waals surface area contributed by atoms with E-state index in [0.717, 1.165) is 35.2 Å². The van der Waals surface area contributed by atoms with Crippen molar-refractivity contribution in [3.8, 4) is 5.75 Å². The molecule has 0 amide bonds. The standard InChI is InChI=1S/C18H20BrClO/c1-3-10-21-18-9-8-15(11-16(18)19)17(20)12-14-7-5-4-6-13(14)2/h4-9,11,17H,3,10,12H2,1-2H3. The minimum atomic E-state index is -0.0392. The summed E-state index contributed by atoms with van der Waals surface area (Å²) in [6.45, 7) is 4.95. The normalized spacial score (nSPS) is 12.2. The maximum atomic E-state index is 6.58. The molecule has 0 N–H and O–H groups in total. The summed E-state index contributed by atoms with van der Waals surface area (Å²) in [6, 6.07) is 14.5. The van der Waals surface area contributed by atoms with Crippen LogP contribution in [0.5, 0.6) is 5.75 Å². The molecule has 0 spiro atoms. The molecular formula is C18H20BrClO. The van der Waals surface area contributed by atoms with E-state index < -0.39 is 0 Å². The lowest BCUT2D eigenvalue weighted by atomic mass is 10.0. The van der Waals surface area contributed by atoms with E-state index in [-0.39, 0.29) is 5.38 Å². The number of benzene rings is 2. The second kappa shape index (κ2) is 7.86. The lowest BCUT2D eigenvalue weighted by Gasteiger charge is -2.14. The Bertz CT molecular complexity index is 598. The minimum absolute atomic E-state index is 0.0392. The third-order valence-electron chi connectivity index (χ3n) is 3.44. The van der Waals surface area contributed by atoms with Crippen molar-refractivity contribution >= 4 is 27.5 Å². The number of hydrogen-bond donors (Lipinski definition) is 0. The van der Waals surface area contributed by atoms with Crippen molar-refractivity contribution in [1.29, 1.82) is 0 Å². The molecule has 0 aromatic heterocycles. The Morgan fingerprint density at radius 3 is 2.62 bits per heavy atom. The van der Waals surface area contributed by atoms with Gasteiger partial charge in [0, 0.05) is 0 Å². The van der Waals surface area contributed by atoms with Crippen LogP contribution in [0.2, 0.25) is 0 Å². The van der Waals surface area contributed by atoms with Gasteiger partial charge in [0.25, 0.3) is 0 Å². The third kappa shape index (κ3) is 4.49. The van der Waals surface area contributed by atoms with Crippen LogP contribution >= 0.6 is 27.5 Å². The van der Waals surface area contributed by atoms with Gasteiger partial charge in [-0.1, -0.05) is 37.3 Å². The van der Waals surface area contributed by atoms with Crippen LogP contribution in [0.4, 0.5) is 0 Å². The molecule has 112 valence electrons. The highest BCUT2D eigenvalue weighted by Crippen LogP contribution is 2.32. The van der Waals surface area contributed by atoms with E-state index >= 15 is 0 Å². The van der Waals surface area contributed by atoms with Crippen LogP contribution in [0.15, 0.2) is 46.9 Å². The molecule has 3 heteroatoms. The van der Waals surface area contributed by atoms with E-state index in [9.17, 15) is 0 Å². The monoisotopic (exact) mass is 366 g/mol. The molecule has 1 nitrogen and oxygen atoms in total. The molecule has 0 aliphatic heterocycles. The number of aryl methyl sites for hydroxylation is 1. The Morgan fingerprint density at radius 1 is 1.19 bits per heavy atom. The van der Waals surface area contributed by atoms with Crippen LogP contribution in [0.1, 0.15) is 35.4 Å². The molecule has 1 unspecified atom stereocenters. The van der Waals surface area contributed by atoms with Crippen molar-refractivity contribution in [2.24, 2.45) is 0 Å². The first-order valence-corrected chi connectivity index (χ1v) is 8.45. The van der Waals surface area contributed by atoms with Crippen LogP contribution in [0.3, 0.4) is 0 Å². The fourth-order valence-electron chi connectivity index (χ4n) is 2.19. The third-order valence-corrected chi connectivity index (χ3v) is 4.47. The summed E-state index contributed by atoms with van der Waals surface area (Å²) in [4.78, 5) is 0. The summed E-state index contributed by atoms with van der Waals surface area (Å²) >= 11 is 10.1. The SMILES string of the molecule is CCCOc1ccc(C(Cl)Cc2ccccc2C)cc1Br. The number of alkyl halides is 1. The van der Waals surface area contributed by atoms with Gasteiger partial charge in [-0.25, -0.2) is 0 Å². The maximum absolute atomic E-state index is 6.58.